The van der Waals surface area contributed by atoms with Crippen LogP contribution in [0.1, 0.15) is 51.0 Å². The highest BCUT2D eigenvalue weighted by Gasteiger charge is 2.28. The number of amides is 1. The summed E-state index contributed by atoms with van der Waals surface area (Å²) in [5, 5.41) is 0.262. The van der Waals surface area contributed by atoms with Crippen LogP contribution in [0.15, 0.2) is 18.2 Å². The Hall–Kier alpha value is -2.97. The van der Waals surface area contributed by atoms with Gasteiger partial charge in [0.05, 0.1) is 6.61 Å². The Morgan fingerprint density at radius 2 is 1.78 bits per heavy atom. The van der Waals surface area contributed by atoms with Gasteiger partial charge in [-0.1, -0.05) is 13.3 Å². The molecule has 3 rings (SSSR count). The molecule has 0 bridgehead atoms. The van der Waals surface area contributed by atoms with Gasteiger partial charge in [-0.15, -0.1) is 0 Å². The molecule has 0 radical (unpaired) electrons. The van der Waals surface area contributed by atoms with Gasteiger partial charge in [0, 0.05) is 43.3 Å². The lowest BCUT2D eigenvalue weighted by molar-refractivity contribution is 0.0240. The average Bonchev–Trinajstić information content (AvgIpc) is 2.72. The molecule has 2 aromatic rings. The number of benzene rings is 1. The molecule has 9 heteroatoms. The third-order valence-electron chi connectivity index (χ3n) is 5.02. The van der Waals surface area contributed by atoms with E-state index in [-0.39, 0.29) is 23.2 Å². The molecule has 1 aliphatic heterocycles. The van der Waals surface area contributed by atoms with E-state index >= 15 is 0 Å². The van der Waals surface area contributed by atoms with E-state index in [1.165, 1.54) is 12.1 Å². The zero-order valence-corrected chi connectivity index (χ0v) is 18.9. The van der Waals surface area contributed by atoms with Crippen LogP contribution >= 0.6 is 0 Å². The van der Waals surface area contributed by atoms with Crippen LogP contribution in [-0.2, 0) is 9.47 Å². The summed E-state index contributed by atoms with van der Waals surface area (Å²) in [7, 11) is 0. The standard InChI is InChI=1S/C23H29F2N3O4/c1-5-6-11-31-21(29)18-14-19(16-12-15(24)13-17(25)20(16)26-18)27-7-9-28(10-8-27)22(30)32-23(2,3)4/h12-14H,5-11H2,1-4H3. The maximum Gasteiger partial charge on any atom is 0.410 e. The van der Waals surface area contributed by atoms with E-state index in [1.807, 2.05) is 11.8 Å². The van der Waals surface area contributed by atoms with Gasteiger partial charge in [-0.05, 0) is 39.3 Å². The lowest BCUT2D eigenvalue weighted by Crippen LogP contribution is -2.50. The Kier molecular flexibility index (Phi) is 7.16. The van der Waals surface area contributed by atoms with Crippen LogP contribution in [0.4, 0.5) is 19.3 Å². The molecular formula is C23H29F2N3O4. The van der Waals surface area contributed by atoms with Gasteiger partial charge in [-0.2, -0.15) is 0 Å². The van der Waals surface area contributed by atoms with Crippen molar-refractivity contribution >= 4 is 28.7 Å². The van der Waals surface area contributed by atoms with Gasteiger partial charge in [0.2, 0.25) is 0 Å². The summed E-state index contributed by atoms with van der Waals surface area (Å²) in [6.07, 6.45) is 1.16. The molecule has 7 nitrogen and oxygen atoms in total. The number of ether oxygens (including phenoxy) is 2. The summed E-state index contributed by atoms with van der Waals surface area (Å²) in [4.78, 5) is 32.4. The smallest absolute Gasteiger partial charge is 0.410 e. The third kappa shape index (κ3) is 5.63. The van der Waals surface area contributed by atoms with Crippen LogP contribution in [0.2, 0.25) is 0 Å². The van der Waals surface area contributed by atoms with Crippen LogP contribution in [0, 0.1) is 11.6 Å². The zero-order chi connectivity index (χ0) is 23.5. The normalized spacial score (nSPS) is 14.6. The number of anilines is 1. The molecule has 174 valence electrons. The SMILES string of the molecule is CCCCOC(=O)c1cc(N2CCN(C(=O)OC(C)(C)C)CC2)c2cc(F)cc(F)c2n1. The van der Waals surface area contributed by atoms with Crippen LogP contribution < -0.4 is 4.90 Å². The molecule has 1 aromatic carbocycles. The summed E-state index contributed by atoms with van der Waals surface area (Å²) in [6, 6.07) is 3.44. The number of hydrogen-bond donors (Lipinski definition) is 0. The number of aromatic nitrogens is 1. The molecule has 0 N–H and O–H groups in total. The first-order valence-electron chi connectivity index (χ1n) is 10.8. The molecule has 1 aliphatic rings. The van der Waals surface area contributed by atoms with Crippen molar-refractivity contribution in [3.63, 3.8) is 0 Å². The van der Waals surface area contributed by atoms with Crippen LogP contribution in [0.5, 0.6) is 0 Å². The summed E-state index contributed by atoms with van der Waals surface area (Å²) in [5.41, 5.74) is -0.262. The number of carbonyl (C=O) groups excluding carboxylic acids is 2. The molecule has 0 atom stereocenters. The fourth-order valence-corrected chi connectivity index (χ4v) is 3.44. The van der Waals surface area contributed by atoms with E-state index in [0.717, 1.165) is 12.5 Å². The number of carbonyl (C=O) groups is 2. The average molecular weight is 449 g/mol. The quantitative estimate of drug-likeness (QED) is 0.494. The number of fused-ring (bicyclic) bond motifs is 1. The summed E-state index contributed by atoms with van der Waals surface area (Å²) in [6.45, 7) is 9.16. The second kappa shape index (κ2) is 9.67. The highest BCUT2D eigenvalue weighted by Crippen LogP contribution is 2.30. The van der Waals surface area contributed by atoms with Crippen molar-refractivity contribution in [2.45, 2.75) is 46.1 Å². The van der Waals surface area contributed by atoms with Crippen molar-refractivity contribution in [2.75, 3.05) is 37.7 Å². The molecule has 0 aliphatic carbocycles. The Balaban J connectivity index is 1.88. The summed E-state index contributed by atoms with van der Waals surface area (Å²) in [5.74, 6) is -2.24. The first-order valence-corrected chi connectivity index (χ1v) is 10.8. The molecule has 0 spiro atoms. The van der Waals surface area contributed by atoms with E-state index in [4.69, 9.17) is 9.47 Å². The molecular weight excluding hydrogens is 420 g/mol. The Morgan fingerprint density at radius 3 is 2.41 bits per heavy atom. The van der Waals surface area contributed by atoms with E-state index in [9.17, 15) is 18.4 Å². The number of hydrogen-bond acceptors (Lipinski definition) is 6. The van der Waals surface area contributed by atoms with Gasteiger partial charge in [0.25, 0.3) is 0 Å². The van der Waals surface area contributed by atoms with Crippen LogP contribution in [0.25, 0.3) is 10.9 Å². The Labute approximate surface area is 186 Å². The maximum absolute atomic E-state index is 14.5. The van der Waals surface area contributed by atoms with E-state index < -0.39 is 29.3 Å². The van der Waals surface area contributed by atoms with E-state index in [0.29, 0.717) is 38.3 Å². The van der Waals surface area contributed by atoms with Gasteiger partial charge >= 0.3 is 12.1 Å². The van der Waals surface area contributed by atoms with Gasteiger partial charge < -0.3 is 19.3 Å². The lowest BCUT2D eigenvalue weighted by Gasteiger charge is -2.37. The van der Waals surface area contributed by atoms with Crippen molar-refractivity contribution < 1.29 is 27.8 Å². The highest BCUT2D eigenvalue weighted by atomic mass is 19.1. The van der Waals surface area contributed by atoms with Crippen LogP contribution in [0.3, 0.4) is 0 Å². The van der Waals surface area contributed by atoms with Crippen molar-refractivity contribution in [3.8, 4) is 0 Å². The minimum absolute atomic E-state index is 0.0383. The van der Waals surface area contributed by atoms with E-state index in [1.54, 1.807) is 25.7 Å². The number of piperazine rings is 1. The van der Waals surface area contributed by atoms with Gasteiger partial charge in [0.15, 0.2) is 11.5 Å². The molecule has 0 unspecified atom stereocenters. The zero-order valence-electron chi connectivity index (χ0n) is 18.9. The predicted molar refractivity (Wildman–Crippen MR) is 117 cm³/mol. The topological polar surface area (TPSA) is 72.0 Å². The molecule has 1 aromatic heterocycles. The Morgan fingerprint density at radius 1 is 1.09 bits per heavy atom. The second-order valence-corrected chi connectivity index (χ2v) is 8.75. The predicted octanol–water partition coefficient (Wildman–Crippen LogP) is 4.53. The minimum Gasteiger partial charge on any atom is -0.461 e. The second-order valence-electron chi connectivity index (χ2n) is 8.75. The lowest BCUT2D eigenvalue weighted by atomic mass is 10.1. The number of unbranched alkanes of at least 4 members (excludes halogenated alkanes) is 1. The third-order valence-corrected chi connectivity index (χ3v) is 5.02. The number of halogens is 2. The molecule has 1 amide bonds. The van der Waals surface area contributed by atoms with Crippen molar-refractivity contribution in [2.24, 2.45) is 0 Å². The molecule has 1 saturated heterocycles. The minimum atomic E-state index is -0.850. The number of rotatable bonds is 5. The highest BCUT2D eigenvalue weighted by molar-refractivity contribution is 5.98. The molecule has 0 saturated carbocycles. The summed E-state index contributed by atoms with van der Waals surface area (Å²) >= 11 is 0. The monoisotopic (exact) mass is 449 g/mol. The van der Waals surface area contributed by atoms with Crippen molar-refractivity contribution in [1.29, 1.82) is 0 Å². The Bertz CT molecular complexity index is 999. The van der Waals surface area contributed by atoms with Crippen LogP contribution in [-0.4, -0.2) is 60.3 Å². The van der Waals surface area contributed by atoms with Crippen molar-refractivity contribution in [3.05, 3.63) is 35.5 Å². The summed E-state index contributed by atoms with van der Waals surface area (Å²) < 4.78 is 39.2. The largest absolute Gasteiger partial charge is 0.461 e. The number of nitrogens with zero attached hydrogens (tertiary/aromatic N) is 3. The maximum atomic E-state index is 14.5. The van der Waals surface area contributed by atoms with Gasteiger partial charge in [-0.3, -0.25) is 0 Å². The first kappa shape index (κ1) is 23.7. The molecule has 1 fully saturated rings. The van der Waals surface area contributed by atoms with Crippen molar-refractivity contribution in [1.82, 2.24) is 9.88 Å². The first-order chi connectivity index (χ1) is 15.1. The van der Waals surface area contributed by atoms with Gasteiger partial charge in [-0.25, -0.2) is 23.4 Å². The van der Waals surface area contributed by atoms with Gasteiger partial charge in [0.1, 0.15) is 16.9 Å². The number of pyridine rings is 1. The fraction of sp³-hybridized carbons (Fsp3) is 0.522. The van der Waals surface area contributed by atoms with E-state index in [2.05, 4.69) is 4.98 Å². The molecule has 2 heterocycles. The number of esters is 1. The molecule has 32 heavy (non-hydrogen) atoms. The fourth-order valence-electron chi connectivity index (χ4n) is 3.44.